The van der Waals surface area contributed by atoms with Crippen molar-refractivity contribution in [3.8, 4) is 0 Å². The standard InChI is InChI=1S/C2H2N10O2/c13-11-1(5-7-9-11)3-4-2-6-8-10-12(2)14/h11-12H. The zero-order valence-corrected chi connectivity index (χ0v) is 6.39. The molecule has 0 saturated carbocycles. The van der Waals surface area contributed by atoms with Gasteiger partial charge in [0.05, 0.1) is 10.4 Å². The molecule has 2 atom stereocenters. The molecule has 0 aliphatic carbocycles. The number of hydrogen-bond donors (Lipinski definition) is 2. The van der Waals surface area contributed by atoms with Crippen LogP contribution < -0.4 is 10.3 Å². The van der Waals surface area contributed by atoms with Crippen LogP contribution in [0.3, 0.4) is 0 Å². The number of nitrogens with one attached hydrogen (secondary N) is 2. The zero-order valence-electron chi connectivity index (χ0n) is 6.39. The fourth-order valence-electron chi connectivity index (χ4n) is 0.606. The third-order valence-electron chi connectivity index (χ3n) is 1.17. The number of azo groups is 1. The molecule has 0 bridgehead atoms. The van der Waals surface area contributed by atoms with E-state index in [1.165, 1.54) is 0 Å². The van der Waals surface area contributed by atoms with Crippen molar-refractivity contribution in [3.05, 3.63) is 10.4 Å². The molecule has 0 aromatic rings. The van der Waals surface area contributed by atoms with Crippen LogP contribution in [0.15, 0.2) is 41.3 Å². The molecule has 0 aromatic carbocycles. The predicted octanol–water partition coefficient (Wildman–Crippen LogP) is -2.49. The van der Waals surface area contributed by atoms with Gasteiger partial charge in [-0.3, -0.25) is 0 Å². The van der Waals surface area contributed by atoms with Crippen LogP contribution in [0.1, 0.15) is 0 Å². The Hall–Kier alpha value is -2.02. The Labute approximate surface area is 75.1 Å². The summed E-state index contributed by atoms with van der Waals surface area (Å²) in [6, 6.07) is 0. The third kappa shape index (κ3) is 1.52. The lowest BCUT2D eigenvalue weighted by Crippen LogP contribution is -3.04. The van der Waals surface area contributed by atoms with Crippen LogP contribution in [0.5, 0.6) is 0 Å². The largest absolute Gasteiger partial charge is 0.597 e. The monoisotopic (exact) mass is 198 g/mol. The quantitative estimate of drug-likeness (QED) is 0.326. The summed E-state index contributed by atoms with van der Waals surface area (Å²) in [5.41, 5.74) is 0. The van der Waals surface area contributed by atoms with Crippen LogP contribution >= 0.6 is 0 Å². The minimum Gasteiger partial charge on any atom is -0.597 e. The van der Waals surface area contributed by atoms with Crippen molar-refractivity contribution < 1.29 is 10.3 Å². The van der Waals surface area contributed by atoms with Gasteiger partial charge >= 0.3 is 11.9 Å². The highest BCUT2D eigenvalue weighted by molar-refractivity contribution is 5.76. The van der Waals surface area contributed by atoms with E-state index >= 15 is 0 Å². The molecule has 2 aliphatic heterocycles. The fourth-order valence-corrected chi connectivity index (χ4v) is 0.606. The molecule has 0 spiro atoms. The lowest BCUT2D eigenvalue weighted by Gasteiger charge is -2.04. The molecular formula is C2H2N10O2. The van der Waals surface area contributed by atoms with Gasteiger partial charge in [-0.25, -0.2) is 0 Å². The molecule has 2 N–H and O–H groups in total. The maximum Gasteiger partial charge on any atom is 0.395 e. The fraction of sp³-hybridized carbons (Fsp3) is 0. The Bertz CT molecular complexity index is 342. The van der Waals surface area contributed by atoms with E-state index < -0.39 is 10.3 Å². The molecular weight excluding hydrogens is 196 g/mol. The second-order valence-electron chi connectivity index (χ2n) is 2.04. The first-order valence-electron chi connectivity index (χ1n) is 3.25. The summed E-state index contributed by atoms with van der Waals surface area (Å²) in [6.45, 7) is 0. The summed E-state index contributed by atoms with van der Waals surface area (Å²) in [6.07, 6.45) is 0. The molecule has 0 saturated heterocycles. The summed E-state index contributed by atoms with van der Waals surface area (Å²) in [5.74, 6) is -0.625. The van der Waals surface area contributed by atoms with Crippen LogP contribution in [-0.2, 0) is 0 Å². The van der Waals surface area contributed by atoms with Crippen molar-refractivity contribution in [2.75, 3.05) is 0 Å². The molecule has 0 fully saturated rings. The summed E-state index contributed by atoms with van der Waals surface area (Å²) in [7, 11) is 0. The second kappa shape index (κ2) is 3.38. The van der Waals surface area contributed by atoms with Crippen LogP contribution in [-0.4, -0.2) is 11.9 Å². The molecule has 2 aliphatic rings. The van der Waals surface area contributed by atoms with Crippen molar-refractivity contribution in [2.45, 2.75) is 0 Å². The summed E-state index contributed by atoms with van der Waals surface area (Å²) in [5, 5.41) is 45.3. The van der Waals surface area contributed by atoms with Crippen molar-refractivity contribution in [1.29, 1.82) is 0 Å². The Morgan fingerprint density at radius 1 is 0.857 bits per heavy atom. The zero-order chi connectivity index (χ0) is 9.97. The van der Waals surface area contributed by atoms with E-state index in [0.717, 1.165) is 0 Å². The highest BCUT2D eigenvalue weighted by atomic mass is 16.6. The van der Waals surface area contributed by atoms with Crippen molar-refractivity contribution in [3.63, 3.8) is 0 Å². The Morgan fingerprint density at radius 2 is 1.29 bits per heavy atom. The Balaban J connectivity index is 2.02. The van der Waals surface area contributed by atoms with Gasteiger partial charge in [-0.15, -0.1) is 0 Å². The van der Waals surface area contributed by atoms with Gasteiger partial charge in [-0.2, -0.15) is 10.3 Å². The van der Waals surface area contributed by atoms with Crippen molar-refractivity contribution in [2.24, 2.45) is 41.3 Å². The normalized spacial score (nSPS) is 30.1. The van der Waals surface area contributed by atoms with E-state index in [0.29, 0.717) is 0 Å². The van der Waals surface area contributed by atoms with Gasteiger partial charge in [0.15, 0.2) is 0 Å². The van der Waals surface area contributed by atoms with Gasteiger partial charge in [0.1, 0.15) is 0 Å². The smallest absolute Gasteiger partial charge is 0.395 e. The maximum atomic E-state index is 10.7. The van der Waals surface area contributed by atoms with Crippen LogP contribution in [0, 0.1) is 10.4 Å². The highest BCUT2D eigenvalue weighted by Crippen LogP contribution is 1.88. The second-order valence-corrected chi connectivity index (χ2v) is 2.04. The van der Waals surface area contributed by atoms with Gasteiger partial charge in [-0.05, 0) is 10.2 Å². The molecule has 0 amide bonds. The molecule has 12 heteroatoms. The number of rotatable bonds is 0. The number of guanidine groups is 2. The first kappa shape index (κ1) is 8.57. The average molecular weight is 198 g/mol. The van der Waals surface area contributed by atoms with E-state index in [1.807, 2.05) is 0 Å². The van der Waals surface area contributed by atoms with Crippen LogP contribution in [0.25, 0.3) is 0 Å². The summed E-state index contributed by atoms with van der Waals surface area (Å²) < 4.78 is 0. The van der Waals surface area contributed by atoms with Crippen LogP contribution in [0.2, 0.25) is 0 Å². The molecule has 2 heterocycles. The van der Waals surface area contributed by atoms with Gasteiger partial charge in [0.2, 0.25) is 0 Å². The van der Waals surface area contributed by atoms with Crippen molar-refractivity contribution >= 4 is 11.9 Å². The molecule has 0 aromatic heterocycles. The van der Waals surface area contributed by atoms with E-state index in [9.17, 15) is 10.4 Å². The highest BCUT2D eigenvalue weighted by Gasteiger charge is 2.18. The van der Waals surface area contributed by atoms with Crippen molar-refractivity contribution in [1.82, 2.24) is 0 Å². The van der Waals surface area contributed by atoms with Gasteiger partial charge < -0.3 is 10.4 Å². The van der Waals surface area contributed by atoms with Gasteiger partial charge in [0.25, 0.3) is 0 Å². The number of quaternary nitrogens is 2. The summed E-state index contributed by atoms with van der Waals surface area (Å²) >= 11 is 0. The van der Waals surface area contributed by atoms with E-state index in [2.05, 4.69) is 41.3 Å². The number of nitrogens with zero attached hydrogens (tertiary/aromatic N) is 8. The molecule has 14 heavy (non-hydrogen) atoms. The molecule has 2 rings (SSSR count). The van der Waals surface area contributed by atoms with Gasteiger partial charge in [-0.1, -0.05) is 10.2 Å². The first-order chi connectivity index (χ1) is 6.77. The number of hydrogen-bond acceptors (Lipinski definition) is 10. The van der Waals surface area contributed by atoms with Gasteiger partial charge in [0, 0.05) is 10.4 Å². The number of hydroxylamine groups is 2. The van der Waals surface area contributed by atoms with Crippen LogP contribution in [0.4, 0.5) is 0 Å². The first-order valence-corrected chi connectivity index (χ1v) is 3.25. The molecule has 72 valence electrons. The maximum absolute atomic E-state index is 10.7. The SMILES string of the molecule is [O-][NH+]1N=NN=C1N=NC1=NN=N[NH+]1[O-]. The molecule has 0 radical (unpaired) electrons. The minimum atomic E-state index is -0.728. The minimum absolute atomic E-state index is 0.313. The molecule has 12 nitrogen and oxygen atoms in total. The lowest BCUT2D eigenvalue weighted by molar-refractivity contribution is -0.760. The summed E-state index contributed by atoms with van der Waals surface area (Å²) in [4.78, 5) is 0. The topological polar surface area (TPSA) is 154 Å². The predicted molar refractivity (Wildman–Crippen MR) is 38.1 cm³/mol. The van der Waals surface area contributed by atoms with E-state index in [4.69, 9.17) is 0 Å². The van der Waals surface area contributed by atoms with E-state index in [-0.39, 0.29) is 11.9 Å². The lowest BCUT2D eigenvalue weighted by atomic mass is 11.0. The Morgan fingerprint density at radius 3 is 1.57 bits per heavy atom. The van der Waals surface area contributed by atoms with E-state index in [1.54, 1.807) is 0 Å². The average Bonchev–Trinajstić information content (AvgIpc) is 2.72. The third-order valence-corrected chi connectivity index (χ3v) is 1.17. The Kier molecular flexibility index (Phi) is 2.07. The molecule has 2 unspecified atom stereocenters.